The van der Waals surface area contributed by atoms with Gasteiger partial charge >= 0.3 is 0 Å². The minimum atomic E-state index is 0.852. The number of hydrogen-bond acceptors (Lipinski definition) is 6. The van der Waals surface area contributed by atoms with E-state index in [2.05, 4.69) is 56.0 Å². The minimum absolute atomic E-state index is 0.852. The fourth-order valence-electron chi connectivity index (χ4n) is 3.38. The van der Waals surface area contributed by atoms with Crippen molar-refractivity contribution in [2.45, 2.75) is 19.5 Å². The highest BCUT2D eigenvalue weighted by atomic mass is 32.1. The summed E-state index contributed by atoms with van der Waals surface area (Å²) in [5.41, 5.74) is 4.72. The molecule has 4 aromatic heterocycles. The second-order valence-corrected chi connectivity index (χ2v) is 8.53. The molecular formula is C21H18N4S2. The highest BCUT2D eigenvalue weighted by Gasteiger charge is 2.19. The van der Waals surface area contributed by atoms with Gasteiger partial charge in [0.15, 0.2) is 5.82 Å². The lowest BCUT2D eigenvalue weighted by Gasteiger charge is -2.28. The molecule has 0 aromatic carbocycles. The summed E-state index contributed by atoms with van der Waals surface area (Å²) in [5.74, 6) is 0.852. The summed E-state index contributed by atoms with van der Waals surface area (Å²) in [5, 5.41) is 4.15. The van der Waals surface area contributed by atoms with Crippen molar-refractivity contribution in [3.63, 3.8) is 0 Å². The van der Waals surface area contributed by atoms with Crippen LogP contribution in [0.4, 0.5) is 0 Å². The first kappa shape index (κ1) is 16.7. The molecule has 0 unspecified atom stereocenters. The second kappa shape index (κ2) is 7.31. The van der Waals surface area contributed by atoms with E-state index in [1.54, 1.807) is 22.7 Å². The molecule has 5 rings (SSSR count). The molecule has 27 heavy (non-hydrogen) atoms. The van der Waals surface area contributed by atoms with Gasteiger partial charge in [0, 0.05) is 44.0 Å². The van der Waals surface area contributed by atoms with Gasteiger partial charge in [-0.3, -0.25) is 9.88 Å². The Morgan fingerprint density at radius 3 is 2.52 bits per heavy atom. The maximum atomic E-state index is 4.80. The summed E-state index contributed by atoms with van der Waals surface area (Å²) in [6, 6.07) is 12.6. The smallest absolute Gasteiger partial charge is 0.169 e. The average molecular weight is 391 g/mol. The van der Waals surface area contributed by atoms with Crippen molar-refractivity contribution >= 4 is 22.7 Å². The lowest BCUT2D eigenvalue weighted by molar-refractivity contribution is 0.242. The molecule has 0 aliphatic carbocycles. The number of nitrogens with zero attached hydrogens (tertiary/aromatic N) is 4. The predicted octanol–water partition coefficient (Wildman–Crippen LogP) is 4.89. The molecule has 0 saturated carbocycles. The van der Waals surface area contributed by atoms with E-state index in [9.17, 15) is 0 Å². The quantitative estimate of drug-likeness (QED) is 0.498. The van der Waals surface area contributed by atoms with Crippen molar-refractivity contribution in [2.75, 3.05) is 6.54 Å². The Bertz CT molecular complexity index is 1020. The Balaban J connectivity index is 1.28. The van der Waals surface area contributed by atoms with Gasteiger partial charge in [0.1, 0.15) is 0 Å². The molecule has 0 radical (unpaired) electrons. The Hall–Kier alpha value is -2.41. The van der Waals surface area contributed by atoms with E-state index >= 15 is 0 Å². The molecule has 0 fully saturated rings. The van der Waals surface area contributed by atoms with E-state index in [1.807, 2.05) is 18.5 Å². The number of rotatable bonds is 4. The van der Waals surface area contributed by atoms with E-state index in [1.165, 1.54) is 21.7 Å². The average Bonchev–Trinajstić information content (AvgIpc) is 3.42. The van der Waals surface area contributed by atoms with Crippen molar-refractivity contribution in [1.82, 2.24) is 19.9 Å². The maximum absolute atomic E-state index is 4.80. The highest BCUT2D eigenvalue weighted by Crippen LogP contribution is 2.26. The van der Waals surface area contributed by atoms with Gasteiger partial charge in [-0.15, -0.1) is 22.7 Å². The lowest BCUT2D eigenvalue weighted by Crippen LogP contribution is -2.31. The molecule has 0 spiro atoms. The Morgan fingerprint density at radius 1 is 0.926 bits per heavy atom. The molecule has 6 heteroatoms. The van der Waals surface area contributed by atoms with Gasteiger partial charge in [0.2, 0.25) is 0 Å². The van der Waals surface area contributed by atoms with Gasteiger partial charge < -0.3 is 0 Å². The fraction of sp³-hybridized carbons (Fsp3) is 0.190. The Morgan fingerprint density at radius 2 is 1.78 bits per heavy atom. The first-order valence-electron chi connectivity index (χ1n) is 8.95. The van der Waals surface area contributed by atoms with Gasteiger partial charge in [-0.2, -0.15) is 0 Å². The van der Waals surface area contributed by atoms with Crippen LogP contribution in [-0.4, -0.2) is 26.4 Å². The summed E-state index contributed by atoms with van der Waals surface area (Å²) >= 11 is 3.41. The molecule has 0 atom stereocenters. The second-order valence-electron chi connectivity index (χ2n) is 6.63. The molecule has 0 N–H and O–H groups in total. The van der Waals surface area contributed by atoms with Crippen LogP contribution in [0.15, 0.2) is 59.6 Å². The van der Waals surface area contributed by atoms with E-state index in [0.717, 1.165) is 42.5 Å². The Labute approximate surface area is 166 Å². The molecule has 134 valence electrons. The first-order chi connectivity index (χ1) is 13.3. The van der Waals surface area contributed by atoms with Crippen LogP contribution in [0.3, 0.4) is 0 Å². The lowest BCUT2D eigenvalue weighted by atomic mass is 10.1. The van der Waals surface area contributed by atoms with Crippen molar-refractivity contribution in [2.24, 2.45) is 0 Å². The molecule has 0 amide bonds. The van der Waals surface area contributed by atoms with E-state index in [-0.39, 0.29) is 0 Å². The molecule has 5 heterocycles. The third kappa shape index (κ3) is 3.56. The fourth-order valence-corrected chi connectivity index (χ4v) is 4.75. The van der Waals surface area contributed by atoms with Crippen LogP contribution in [0, 0.1) is 0 Å². The number of thiophene rings is 2. The zero-order chi connectivity index (χ0) is 18.1. The van der Waals surface area contributed by atoms with Crippen LogP contribution in [0.25, 0.3) is 21.3 Å². The molecular weight excluding hydrogens is 372 g/mol. The van der Waals surface area contributed by atoms with Gasteiger partial charge in [-0.05, 0) is 34.5 Å². The van der Waals surface area contributed by atoms with Crippen LogP contribution >= 0.6 is 22.7 Å². The monoisotopic (exact) mass is 390 g/mol. The summed E-state index contributed by atoms with van der Waals surface area (Å²) in [6.45, 7) is 2.82. The number of hydrogen-bond donors (Lipinski definition) is 0. The predicted molar refractivity (Wildman–Crippen MR) is 111 cm³/mol. The standard InChI is InChI=1S/C21H18N4S2/c1-3-19(26-9-1)18-6-5-15(11-22-18)13-25-8-7-17-16(14-25)12-23-21(24-17)20-4-2-10-27-20/h1-6,9-12H,7-8,13-14H2. The topological polar surface area (TPSA) is 41.9 Å². The first-order valence-corrected chi connectivity index (χ1v) is 10.7. The zero-order valence-electron chi connectivity index (χ0n) is 14.7. The van der Waals surface area contributed by atoms with E-state index in [4.69, 9.17) is 4.98 Å². The molecule has 1 aliphatic heterocycles. The number of fused-ring (bicyclic) bond motifs is 1. The molecule has 1 aliphatic rings. The van der Waals surface area contributed by atoms with Crippen LogP contribution in [0.1, 0.15) is 16.8 Å². The molecule has 0 bridgehead atoms. The molecule has 0 saturated heterocycles. The summed E-state index contributed by atoms with van der Waals surface area (Å²) < 4.78 is 0. The van der Waals surface area contributed by atoms with Crippen LogP contribution in [0.2, 0.25) is 0 Å². The largest absolute Gasteiger partial charge is 0.294 e. The zero-order valence-corrected chi connectivity index (χ0v) is 16.3. The van der Waals surface area contributed by atoms with Crippen LogP contribution < -0.4 is 0 Å². The van der Waals surface area contributed by atoms with E-state index < -0.39 is 0 Å². The van der Waals surface area contributed by atoms with Gasteiger partial charge in [0.25, 0.3) is 0 Å². The van der Waals surface area contributed by atoms with Crippen molar-refractivity contribution in [3.05, 3.63) is 76.4 Å². The maximum Gasteiger partial charge on any atom is 0.169 e. The number of aromatic nitrogens is 3. The van der Waals surface area contributed by atoms with Crippen LogP contribution in [0.5, 0.6) is 0 Å². The van der Waals surface area contributed by atoms with Crippen molar-refractivity contribution < 1.29 is 0 Å². The van der Waals surface area contributed by atoms with E-state index in [0.29, 0.717) is 0 Å². The van der Waals surface area contributed by atoms with Crippen molar-refractivity contribution in [3.8, 4) is 21.3 Å². The van der Waals surface area contributed by atoms with Crippen molar-refractivity contribution in [1.29, 1.82) is 0 Å². The van der Waals surface area contributed by atoms with Gasteiger partial charge in [-0.1, -0.05) is 18.2 Å². The molecule has 4 nitrogen and oxygen atoms in total. The normalized spacial score (nSPS) is 14.2. The highest BCUT2D eigenvalue weighted by molar-refractivity contribution is 7.13. The third-order valence-electron chi connectivity index (χ3n) is 4.76. The summed E-state index contributed by atoms with van der Waals surface area (Å²) in [7, 11) is 0. The third-order valence-corrected chi connectivity index (χ3v) is 6.52. The van der Waals surface area contributed by atoms with Crippen LogP contribution in [-0.2, 0) is 19.5 Å². The summed E-state index contributed by atoms with van der Waals surface area (Å²) in [6.07, 6.45) is 4.97. The Kier molecular flexibility index (Phi) is 4.53. The number of pyridine rings is 1. The minimum Gasteiger partial charge on any atom is -0.294 e. The summed E-state index contributed by atoms with van der Waals surface area (Å²) in [4.78, 5) is 18.8. The van der Waals surface area contributed by atoms with Gasteiger partial charge in [0.05, 0.1) is 21.1 Å². The molecule has 4 aromatic rings. The SMILES string of the molecule is c1csc(-c2ccc(CN3CCc4nc(-c5cccs5)ncc4C3)cn2)c1. The van der Waals surface area contributed by atoms with Gasteiger partial charge in [-0.25, -0.2) is 9.97 Å².